The highest BCUT2D eigenvalue weighted by Gasteiger charge is 2.17. The summed E-state index contributed by atoms with van der Waals surface area (Å²) in [6.45, 7) is 2.96. The van der Waals surface area contributed by atoms with Crippen molar-refractivity contribution in [2.24, 2.45) is 0 Å². The summed E-state index contributed by atoms with van der Waals surface area (Å²) in [6.07, 6.45) is 10.1. The van der Waals surface area contributed by atoms with Crippen molar-refractivity contribution in [2.45, 2.75) is 51.2 Å². The molecule has 18 heavy (non-hydrogen) atoms. The van der Waals surface area contributed by atoms with Crippen LogP contribution in [0.2, 0.25) is 0 Å². The smallest absolute Gasteiger partial charge is 0.145 e. The highest BCUT2D eigenvalue weighted by Crippen LogP contribution is 2.21. The van der Waals surface area contributed by atoms with Gasteiger partial charge in [0.25, 0.3) is 0 Å². The van der Waals surface area contributed by atoms with E-state index in [0.29, 0.717) is 6.10 Å². The highest BCUT2D eigenvalue weighted by atomic mass is 16.5. The summed E-state index contributed by atoms with van der Waals surface area (Å²) in [6, 6.07) is 0.256. The van der Waals surface area contributed by atoms with Crippen LogP contribution in [0.15, 0.2) is 12.4 Å². The summed E-state index contributed by atoms with van der Waals surface area (Å²) in [5, 5.41) is 3.30. The van der Waals surface area contributed by atoms with Crippen molar-refractivity contribution in [2.75, 3.05) is 13.7 Å². The normalized spacial score (nSPS) is 21.1. The van der Waals surface area contributed by atoms with Crippen LogP contribution < -0.4 is 5.32 Å². The third-order valence-electron chi connectivity index (χ3n) is 3.50. The molecular weight excluding hydrogens is 226 g/mol. The van der Waals surface area contributed by atoms with Crippen LogP contribution in [0.5, 0.6) is 0 Å². The second kappa shape index (κ2) is 6.81. The summed E-state index contributed by atoms with van der Waals surface area (Å²) in [5.41, 5.74) is 1.10. The van der Waals surface area contributed by atoms with Gasteiger partial charge in [-0.2, -0.15) is 0 Å². The Morgan fingerprint density at radius 2 is 2.22 bits per heavy atom. The maximum absolute atomic E-state index is 5.64. The minimum atomic E-state index is 0.256. The Hall–Kier alpha value is -1.00. The fourth-order valence-corrected chi connectivity index (χ4v) is 2.41. The van der Waals surface area contributed by atoms with Gasteiger partial charge in [-0.1, -0.05) is 0 Å². The molecule has 4 heteroatoms. The molecule has 1 aliphatic rings. The number of hydrogen-bond acceptors (Lipinski definition) is 4. The first kappa shape index (κ1) is 13.4. The van der Waals surface area contributed by atoms with Crippen LogP contribution in [-0.2, 0) is 4.74 Å². The van der Waals surface area contributed by atoms with Gasteiger partial charge in [0.05, 0.1) is 12.1 Å². The third kappa shape index (κ3) is 3.75. The second-order valence-electron chi connectivity index (χ2n) is 5.03. The lowest BCUT2D eigenvalue weighted by atomic mass is 10.0. The molecule has 1 aromatic rings. The summed E-state index contributed by atoms with van der Waals surface area (Å²) in [5.74, 6) is 0.899. The van der Waals surface area contributed by atoms with E-state index in [2.05, 4.69) is 15.3 Å². The molecular formula is C14H23N3O. The Kier molecular flexibility index (Phi) is 5.08. The minimum Gasteiger partial charge on any atom is -0.378 e. The Morgan fingerprint density at radius 3 is 2.83 bits per heavy atom. The fraction of sp³-hybridized carbons (Fsp3) is 0.714. The lowest BCUT2D eigenvalue weighted by Crippen LogP contribution is -2.19. The molecule has 0 aliphatic carbocycles. The van der Waals surface area contributed by atoms with Crippen molar-refractivity contribution in [3.63, 3.8) is 0 Å². The Morgan fingerprint density at radius 1 is 1.44 bits per heavy atom. The lowest BCUT2D eigenvalue weighted by Gasteiger charge is -2.16. The first-order valence-electron chi connectivity index (χ1n) is 6.87. The van der Waals surface area contributed by atoms with Crippen molar-refractivity contribution in [1.82, 2.24) is 15.3 Å². The zero-order valence-electron chi connectivity index (χ0n) is 11.4. The van der Waals surface area contributed by atoms with E-state index in [4.69, 9.17) is 4.74 Å². The van der Waals surface area contributed by atoms with Gasteiger partial charge in [0.2, 0.25) is 0 Å². The average molecular weight is 249 g/mol. The second-order valence-corrected chi connectivity index (χ2v) is 5.03. The van der Waals surface area contributed by atoms with Gasteiger partial charge >= 0.3 is 0 Å². The van der Waals surface area contributed by atoms with Crippen LogP contribution in [0.25, 0.3) is 0 Å². The molecule has 0 amide bonds. The van der Waals surface area contributed by atoms with Crippen LogP contribution in [-0.4, -0.2) is 29.7 Å². The topological polar surface area (TPSA) is 47.0 Å². The lowest BCUT2D eigenvalue weighted by molar-refractivity contribution is 0.101. The predicted molar refractivity (Wildman–Crippen MR) is 71.4 cm³/mol. The van der Waals surface area contributed by atoms with E-state index in [9.17, 15) is 0 Å². The van der Waals surface area contributed by atoms with Gasteiger partial charge in [-0.15, -0.1) is 0 Å². The molecule has 1 aliphatic heterocycles. The summed E-state index contributed by atoms with van der Waals surface area (Å²) < 4.78 is 5.64. The molecule has 1 saturated heterocycles. The van der Waals surface area contributed by atoms with Crippen LogP contribution in [0.1, 0.15) is 49.5 Å². The van der Waals surface area contributed by atoms with Crippen molar-refractivity contribution < 1.29 is 4.74 Å². The fourth-order valence-electron chi connectivity index (χ4n) is 2.41. The van der Waals surface area contributed by atoms with E-state index >= 15 is 0 Å². The molecule has 2 rings (SSSR count). The van der Waals surface area contributed by atoms with Crippen molar-refractivity contribution >= 4 is 0 Å². The van der Waals surface area contributed by atoms with E-state index in [1.54, 1.807) is 0 Å². The molecule has 2 atom stereocenters. The van der Waals surface area contributed by atoms with Crippen molar-refractivity contribution in [3.05, 3.63) is 23.8 Å². The standard InChI is InChI=1S/C14H23N3O/c1-11-9-16-14(17-10-11)13(15-2)7-3-5-12-6-4-8-18-12/h9-10,12-13,15H,3-8H2,1-2H3. The number of ether oxygens (including phenoxy) is 1. The number of hydrogen-bond donors (Lipinski definition) is 1. The zero-order valence-corrected chi connectivity index (χ0v) is 11.4. The average Bonchev–Trinajstić information content (AvgIpc) is 2.89. The van der Waals surface area contributed by atoms with E-state index in [1.165, 1.54) is 12.8 Å². The van der Waals surface area contributed by atoms with Gasteiger partial charge in [-0.05, 0) is 51.6 Å². The minimum absolute atomic E-state index is 0.256. The molecule has 2 heterocycles. The molecule has 2 unspecified atom stereocenters. The molecule has 0 saturated carbocycles. The monoisotopic (exact) mass is 249 g/mol. The SMILES string of the molecule is CNC(CCCC1CCCO1)c1ncc(C)cn1. The summed E-state index contributed by atoms with van der Waals surface area (Å²) >= 11 is 0. The molecule has 1 aromatic heterocycles. The number of aromatic nitrogens is 2. The van der Waals surface area contributed by atoms with Crippen LogP contribution in [0, 0.1) is 6.92 Å². The van der Waals surface area contributed by atoms with E-state index in [0.717, 1.165) is 37.3 Å². The molecule has 1 fully saturated rings. The van der Waals surface area contributed by atoms with Gasteiger partial charge in [-0.3, -0.25) is 0 Å². The predicted octanol–water partition coefficient (Wildman–Crippen LogP) is 2.39. The van der Waals surface area contributed by atoms with E-state index in [1.807, 2.05) is 26.4 Å². The Bertz CT molecular complexity index is 347. The molecule has 0 spiro atoms. The van der Waals surface area contributed by atoms with Crippen LogP contribution in [0.4, 0.5) is 0 Å². The molecule has 0 radical (unpaired) electrons. The first-order valence-corrected chi connectivity index (χ1v) is 6.87. The third-order valence-corrected chi connectivity index (χ3v) is 3.50. The molecule has 100 valence electrons. The van der Waals surface area contributed by atoms with E-state index < -0.39 is 0 Å². The zero-order chi connectivity index (χ0) is 12.8. The van der Waals surface area contributed by atoms with Gasteiger partial charge in [0, 0.05) is 19.0 Å². The number of aryl methyl sites for hydroxylation is 1. The van der Waals surface area contributed by atoms with Gasteiger partial charge < -0.3 is 10.1 Å². The van der Waals surface area contributed by atoms with Crippen LogP contribution in [0.3, 0.4) is 0 Å². The van der Waals surface area contributed by atoms with Gasteiger partial charge in [0.1, 0.15) is 5.82 Å². The summed E-state index contributed by atoms with van der Waals surface area (Å²) in [7, 11) is 1.97. The van der Waals surface area contributed by atoms with Crippen molar-refractivity contribution in [1.29, 1.82) is 0 Å². The largest absolute Gasteiger partial charge is 0.378 e. The summed E-state index contributed by atoms with van der Waals surface area (Å²) in [4.78, 5) is 8.79. The number of nitrogens with one attached hydrogen (secondary N) is 1. The Labute approximate surface area is 109 Å². The molecule has 1 N–H and O–H groups in total. The van der Waals surface area contributed by atoms with Crippen molar-refractivity contribution in [3.8, 4) is 0 Å². The Balaban J connectivity index is 1.79. The van der Waals surface area contributed by atoms with E-state index in [-0.39, 0.29) is 6.04 Å². The van der Waals surface area contributed by atoms with Gasteiger partial charge in [0.15, 0.2) is 0 Å². The molecule has 4 nitrogen and oxygen atoms in total. The first-order chi connectivity index (χ1) is 8.79. The highest BCUT2D eigenvalue weighted by molar-refractivity contribution is 5.04. The van der Waals surface area contributed by atoms with Gasteiger partial charge in [-0.25, -0.2) is 9.97 Å². The number of nitrogens with zero attached hydrogens (tertiary/aromatic N) is 2. The molecule has 0 bridgehead atoms. The van der Waals surface area contributed by atoms with Crippen LogP contribution >= 0.6 is 0 Å². The maximum Gasteiger partial charge on any atom is 0.145 e. The quantitative estimate of drug-likeness (QED) is 0.841. The molecule has 0 aromatic carbocycles. The maximum atomic E-state index is 5.64. The number of rotatable bonds is 6.